The van der Waals surface area contributed by atoms with Crippen molar-refractivity contribution in [3.05, 3.63) is 64.9 Å². The van der Waals surface area contributed by atoms with Crippen LogP contribution in [-0.2, 0) is 9.59 Å². The van der Waals surface area contributed by atoms with Crippen molar-refractivity contribution >= 4 is 35.0 Å². The van der Waals surface area contributed by atoms with Crippen molar-refractivity contribution in [3.63, 3.8) is 0 Å². The van der Waals surface area contributed by atoms with Gasteiger partial charge in [-0.25, -0.2) is 4.39 Å². The van der Waals surface area contributed by atoms with Gasteiger partial charge < -0.3 is 15.5 Å². The SMILES string of the molecule is CN(CC(=O)Nc1ccccc1Cl)C(=O)CNC(=O)c1ccccc1F. The highest BCUT2D eigenvalue weighted by molar-refractivity contribution is 6.33. The molecule has 0 atom stereocenters. The maximum atomic E-state index is 13.5. The molecule has 0 aliphatic heterocycles. The van der Waals surface area contributed by atoms with Crippen molar-refractivity contribution in [2.45, 2.75) is 0 Å². The fourth-order valence-electron chi connectivity index (χ4n) is 2.09. The topological polar surface area (TPSA) is 78.5 Å². The molecule has 2 aromatic carbocycles. The van der Waals surface area contributed by atoms with Gasteiger partial charge in [0.05, 0.1) is 29.4 Å². The number of carbonyl (C=O) groups excluding carboxylic acids is 3. The number of nitrogens with zero attached hydrogens (tertiary/aromatic N) is 1. The lowest BCUT2D eigenvalue weighted by molar-refractivity contribution is -0.132. The average Bonchev–Trinajstić information content (AvgIpc) is 2.61. The van der Waals surface area contributed by atoms with Crippen LogP contribution in [0.15, 0.2) is 48.5 Å². The Kier molecular flexibility index (Phi) is 6.68. The number of benzene rings is 2. The first-order valence-corrected chi connectivity index (χ1v) is 8.07. The molecule has 26 heavy (non-hydrogen) atoms. The lowest BCUT2D eigenvalue weighted by Crippen LogP contribution is -2.41. The fraction of sp³-hybridized carbons (Fsp3) is 0.167. The van der Waals surface area contributed by atoms with Gasteiger partial charge >= 0.3 is 0 Å². The molecule has 2 aromatic rings. The largest absolute Gasteiger partial charge is 0.343 e. The lowest BCUT2D eigenvalue weighted by atomic mass is 10.2. The number of rotatable bonds is 6. The minimum absolute atomic E-state index is 0.153. The first kappa shape index (κ1) is 19.4. The standard InChI is InChI=1S/C18H17ClFN3O3/c1-23(11-16(24)22-15-9-5-3-7-13(15)19)17(25)10-21-18(26)12-6-2-4-8-14(12)20/h2-9H,10-11H2,1H3,(H,21,26)(H,22,24). The third kappa shape index (κ3) is 5.29. The second-order valence-electron chi connectivity index (χ2n) is 5.44. The molecule has 8 heteroatoms. The highest BCUT2D eigenvalue weighted by Crippen LogP contribution is 2.20. The zero-order chi connectivity index (χ0) is 19.1. The van der Waals surface area contributed by atoms with E-state index in [4.69, 9.17) is 11.6 Å². The molecule has 0 spiro atoms. The van der Waals surface area contributed by atoms with Gasteiger partial charge in [-0.05, 0) is 24.3 Å². The van der Waals surface area contributed by atoms with Gasteiger partial charge in [-0.15, -0.1) is 0 Å². The molecular weight excluding hydrogens is 361 g/mol. The molecule has 0 bridgehead atoms. The van der Waals surface area contributed by atoms with E-state index in [0.29, 0.717) is 10.7 Å². The summed E-state index contributed by atoms with van der Waals surface area (Å²) < 4.78 is 13.5. The zero-order valence-corrected chi connectivity index (χ0v) is 14.7. The van der Waals surface area contributed by atoms with Crippen LogP contribution in [0.2, 0.25) is 5.02 Å². The minimum Gasteiger partial charge on any atom is -0.343 e. The number of anilines is 1. The van der Waals surface area contributed by atoms with E-state index >= 15 is 0 Å². The van der Waals surface area contributed by atoms with E-state index in [9.17, 15) is 18.8 Å². The molecule has 6 nitrogen and oxygen atoms in total. The lowest BCUT2D eigenvalue weighted by Gasteiger charge is -2.17. The summed E-state index contributed by atoms with van der Waals surface area (Å²) in [6, 6.07) is 12.2. The molecule has 3 amide bonds. The predicted octanol–water partition coefficient (Wildman–Crippen LogP) is 2.31. The quantitative estimate of drug-likeness (QED) is 0.810. The van der Waals surface area contributed by atoms with Crippen LogP contribution < -0.4 is 10.6 Å². The molecule has 0 radical (unpaired) electrons. The van der Waals surface area contributed by atoms with Gasteiger partial charge in [0.25, 0.3) is 5.91 Å². The highest BCUT2D eigenvalue weighted by atomic mass is 35.5. The Balaban J connectivity index is 1.84. The van der Waals surface area contributed by atoms with Crippen LogP contribution in [0.1, 0.15) is 10.4 Å². The van der Waals surface area contributed by atoms with Crippen LogP contribution in [0.3, 0.4) is 0 Å². The fourth-order valence-corrected chi connectivity index (χ4v) is 2.27. The molecule has 136 valence electrons. The van der Waals surface area contributed by atoms with Crippen molar-refractivity contribution in [1.82, 2.24) is 10.2 Å². The number of para-hydroxylation sites is 1. The smallest absolute Gasteiger partial charge is 0.254 e. The maximum absolute atomic E-state index is 13.5. The van der Waals surface area contributed by atoms with E-state index in [-0.39, 0.29) is 18.7 Å². The molecule has 0 unspecified atom stereocenters. The Morgan fingerprint density at radius 2 is 1.73 bits per heavy atom. The molecule has 0 saturated heterocycles. The number of carbonyl (C=O) groups is 3. The van der Waals surface area contributed by atoms with E-state index < -0.39 is 23.5 Å². The van der Waals surface area contributed by atoms with E-state index in [1.807, 2.05) is 0 Å². The molecule has 2 rings (SSSR count). The minimum atomic E-state index is -0.703. The van der Waals surface area contributed by atoms with Crippen LogP contribution in [0.25, 0.3) is 0 Å². The maximum Gasteiger partial charge on any atom is 0.254 e. The Labute approximate surface area is 154 Å². The van der Waals surface area contributed by atoms with Crippen molar-refractivity contribution in [1.29, 1.82) is 0 Å². The number of halogens is 2. The second-order valence-corrected chi connectivity index (χ2v) is 5.85. The first-order valence-electron chi connectivity index (χ1n) is 7.69. The summed E-state index contributed by atoms with van der Waals surface area (Å²) in [6.45, 7) is -0.581. The Morgan fingerprint density at radius 3 is 2.42 bits per heavy atom. The summed E-state index contributed by atoms with van der Waals surface area (Å²) >= 11 is 5.95. The van der Waals surface area contributed by atoms with Crippen LogP contribution in [0, 0.1) is 5.82 Å². The molecule has 0 aromatic heterocycles. The summed E-state index contributed by atoms with van der Waals surface area (Å²) in [4.78, 5) is 37.0. The number of hydrogen-bond acceptors (Lipinski definition) is 3. The van der Waals surface area contributed by atoms with Gasteiger partial charge in [0.15, 0.2) is 0 Å². The van der Waals surface area contributed by atoms with Crippen molar-refractivity contribution in [3.8, 4) is 0 Å². The summed E-state index contributed by atoms with van der Waals surface area (Å²) in [5.41, 5.74) is 0.285. The monoisotopic (exact) mass is 377 g/mol. The van der Waals surface area contributed by atoms with Crippen molar-refractivity contribution in [2.75, 3.05) is 25.5 Å². The van der Waals surface area contributed by atoms with Crippen LogP contribution >= 0.6 is 11.6 Å². The van der Waals surface area contributed by atoms with Gasteiger partial charge in [0, 0.05) is 7.05 Å². The molecule has 0 heterocycles. The van der Waals surface area contributed by atoms with Gasteiger partial charge in [-0.1, -0.05) is 35.9 Å². The van der Waals surface area contributed by atoms with Gasteiger partial charge in [-0.2, -0.15) is 0 Å². The summed E-state index contributed by atoms with van der Waals surface area (Å²) in [5, 5.41) is 5.30. The van der Waals surface area contributed by atoms with E-state index in [2.05, 4.69) is 10.6 Å². The van der Waals surface area contributed by atoms with E-state index in [1.165, 1.54) is 25.2 Å². The number of nitrogens with one attached hydrogen (secondary N) is 2. The Hall–Kier alpha value is -2.93. The molecule has 2 N–H and O–H groups in total. The van der Waals surface area contributed by atoms with Gasteiger partial charge in [0.2, 0.25) is 11.8 Å². The third-order valence-corrected chi connectivity index (χ3v) is 3.80. The van der Waals surface area contributed by atoms with Gasteiger partial charge in [0.1, 0.15) is 5.82 Å². The summed E-state index contributed by atoms with van der Waals surface area (Å²) in [7, 11) is 1.42. The van der Waals surface area contributed by atoms with Crippen LogP contribution in [0.5, 0.6) is 0 Å². The normalized spacial score (nSPS) is 10.1. The average molecular weight is 378 g/mol. The summed E-state index contributed by atoms with van der Waals surface area (Å²) in [6.07, 6.45) is 0. The second kappa shape index (κ2) is 8.96. The number of hydrogen-bond donors (Lipinski definition) is 2. The van der Waals surface area contributed by atoms with Crippen molar-refractivity contribution < 1.29 is 18.8 Å². The Morgan fingerprint density at radius 1 is 1.08 bits per heavy atom. The molecular formula is C18H17ClFN3O3. The van der Waals surface area contributed by atoms with E-state index in [0.717, 1.165) is 11.0 Å². The van der Waals surface area contributed by atoms with Gasteiger partial charge in [-0.3, -0.25) is 14.4 Å². The first-order chi connectivity index (χ1) is 12.4. The van der Waals surface area contributed by atoms with Crippen LogP contribution in [0.4, 0.5) is 10.1 Å². The predicted molar refractivity (Wildman–Crippen MR) is 96.5 cm³/mol. The molecule has 0 fully saturated rings. The Bertz CT molecular complexity index is 829. The zero-order valence-electron chi connectivity index (χ0n) is 14.0. The van der Waals surface area contributed by atoms with Crippen LogP contribution in [-0.4, -0.2) is 42.8 Å². The van der Waals surface area contributed by atoms with E-state index in [1.54, 1.807) is 24.3 Å². The summed E-state index contributed by atoms with van der Waals surface area (Å²) in [5.74, 6) is -2.31. The molecule has 0 aliphatic rings. The number of amides is 3. The number of likely N-dealkylation sites (N-methyl/N-ethyl adjacent to an activating group) is 1. The third-order valence-electron chi connectivity index (χ3n) is 3.47. The highest BCUT2D eigenvalue weighted by Gasteiger charge is 2.16. The molecule has 0 saturated carbocycles. The molecule has 0 aliphatic carbocycles. The van der Waals surface area contributed by atoms with Crippen molar-refractivity contribution in [2.24, 2.45) is 0 Å².